The Morgan fingerprint density at radius 2 is 1.14 bits per heavy atom. The van der Waals surface area contributed by atoms with Gasteiger partial charge in [-0.2, -0.15) is 57.5 Å². The molecule has 2 amide bonds. The number of anilines is 3. The summed E-state index contributed by atoms with van der Waals surface area (Å²) in [6.07, 6.45) is 5.92. The molecule has 4 aromatic rings. The third kappa shape index (κ3) is 15.1. The van der Waals surface area contributed by atoms with Gasteiger partial charge < -0.3 is 58.6 Å². The molecule has 6 aliphatic heterocycles. The minimum absolute atomic E-state index is 0. The fourth-order valence-electron chi connectivity index (χ4n) is 11.5. The molecule has 10 rings (SSSR count). The Bertz CT molecular complexity index is 2850. The number of benzene rings is 2. The van der Waals surface area contributed by atoms with Crippen LogP contribution in [0.3, 0.4) is 0 Å². The van der Waals surface area contributed by atoms with Crippen molar-refractivity contribution < 1.29 is 28.5 Å². The van der Waals surface area contributed by atoms with Crippen molar-refractivity contribution in [3.63, 3.8) is 0 Å². The number of amides is 2. The molecule has 0 radical (unpaired) electrons. The predicted octanol–water partition coefficient (Wildman–Crippen LogP) is 7.17. The Morgan fingerprint density at radius 1 is 0.625 bits per heavy atom. The first-order valence-corrected chi connectivity index (χ1v) is 28.1. The molecule has 6 aliphatic rings. The number of hydrogen-bond donors (Lipinski definition) is 1. The zero-order valence-electron chi connectivity index (χ0n) is 48.2. The number of ether oxygens (including phenoxy) is 4. The van der Waals surface area contributed by atoms with E-state index in [0.717, 1.165) is 86.0 Å². The number of nitrogens with zero attached hydrogens (tertiary/aromatic N) is 13. The highest BCUT2D eigenvalue weighted by atomic mass is 32.1. The van der Waals surface area contributed by atoms with Crippen LogP contribution in [-0.4, -0.2) is 180 Å². The minimum Gasteiger partial charge on any atom is -0.462 e. The number of hydrogen-bond acceptors (Lipinski definition) is 18. The summed E-state index contributed by atoms with van der Waals surface area (Å²) in [7, 11) is 4.27. The number of fused-ring (bicyclic) bond motifs is 3. The molecule has 20 nitrogen and oxygen atoms in total. The lowest BCUT2D eigenvalue weighted by atomic mass is 10.0. The molecule has 4 atom stereocenters. The predicted molar refractivity (Wildman–Crippen MR) is 320 cm³/mol. The zero-order chi connectivity index (χ0) is 55.1. The molecule has 4 saturated heterocycles. The maximum absolute atomic E-state index is 13.1. The summed E-state index contributed by atoms with van der Waals surface area (Å²) in [5.41, 5.74) is 4.20. The first-order valence-electron chi connectivity index (χ1n) is 28.1. The van der Waals surface area contributed by atoms with E-state index in [4.69, 9.17) is 38.9 Å². The smallest absolute Gasteiger partial charge is 0.410 e. The van der Waals surface area contributed by atoms with Crippen LogP contribution in [0.1, 0.15) is 103 Å². The Labute approximate surface area is 486 Å². The molecule has 0 saturated carbocycles. The normalized spacial score (nSPS) is 21.4. The van der Waals surface area contributed by atoms with Crippen LogP contribution in [0.15, 0.2) is 42.5 Å². The first kappa shape index (κ1) is 61.6. The molecule has 0 bridgehead atoms. The van der Waals surface area contributed by atoms with Crippen LogP contribution >= 0.6 is 27.0 Å². The molecular weight excluding hydrogens is 1050 g/mol. The third-order valence-corrected chi connectivity index (χ3v) is 15.7. The van der Waals surface area contributed by atoms with E-state index in [-0.39, 0.29) is 64.1 Å². The van der Waals surface area contributed by atoms with E-state index in [9.17, 15) is 20.1 Å². The van der Waals surface area contributed by atoms with Crippen LogP contribution in [0.5, 0.6) is 12.0 Å². The van der Waals surface area contributed by atoms with Crippen molar-refractivity contribution in [1.29, 1.82) is 10.5 Å². The number of nitrogens with one attached hydrogen (secondary N) is 1. The molecular formula is C58H84N14O6S2. The van der Waals surface area contributed by atoms with E-state index in [2.05, 4.69) is 98.5 Å². The van der Waals surface area contributed by atoms with Crippen molar-refractivity contribution in [3.05, 3.63) is 65.0 Å². The van der Waals surface area contributed by atoms with Crippen molar-refractivity contribution in [2.75, 3.05) is 107 Å². The molecule has 434 valence electrons. The highest BCUT2D eigenvalue weighted by molar-refractivity contribution is 7.59. The molecule has 8 heterocycles. The lowest BCUT2D eigenvalue weighted by Crippen LogP contribution is -2.56. The van der Waals surface area contributed by atoms with Crippen molar-refractivity contribution >= 4 is 67.3 Å². The topological polar surface area (TPSA) is 205 Å². The number of rotatable bonds is 11. The van der Waals surface area contributed by atoms with Gasteiger partial charge in [0.05, 0.1) is 55.0 Å². The Balaban J connectivity index is 0.000000233. The number of nitriles is 2. The van der Waals surface area contributed by atoms with E-state index in [1.54, 1.807) is 9.80 Å². The number of likely N-dealkylation sites (N-methyl/N-ethyl adjacent to an activating group) is 2. The van der Waals surface area contributed by atoms with Crippen LogP contribution in [-0.2, 0) is 35.4 Å². The summed E-state index contributed by atoms with van der Waals surface area (Å²) in [6, 6.07) is 20.4. The summed E-state index contributed by atoms with van der Waals surface area (Å²) < 4.78 is 23.7. The van der Waals surface area contributed by atoms with Crippen molar-refractivity contribution in [1.82, 2.24) is 44.9 Å². The van der Waals surface area contributed by atoms with E-state index >= 15 is 0 Å². The summed E-state index contributed by atoms with van der Waals surface area (Å²) >= 11 is 0. The quantitative estimate of drug-likeness (QED) is 0.158. The second kappa shape index (κ2) is 27.2. The largest absolute Gasteiger partial charge is 0.462 e. The standard InChI is InChI=1S/C34H43N7O3.C24H37N7O3.2H2S/c1-34(2,3)44-33(42)41-20-19-40(21-25(41)14-16-35)31-28-15-18-39(30-13-7-10-24-9-5-6-12-27(24)30)22-29(28)36-32(37-31)43-23-26-11-8-17-38(26)4;1-24(2,3)34-23(32)31-13-12-30(15-17(31)7-9-25)21-19-8-10-26-14-20(19)27-22(28-21)33-16-18-6-5-11-29(18)4;;/h5-7,9-10,12-13,25-26H,8,11,14-15,17-23H2,1-4H3;17-18,26H,5-8,10-16H2,1-4H3;2*1H2/t25?,26-;17?,18-;;/m00../s1. The van der Waals surface area contributed by atoms with Gasteiger partial charge in [0.2, 0.25) is 0 Å². The lowest BCUT2D eigenvalue weighted by Gasteiger charge is -2.42. The summed E-state index contributed by atoms with van der Waals surface area (Å²) in [6.45, 7) is 20.6. The maximum atomic E-state index is 13.1. The van der Waals surface area contributed by atoms with Crippen molar-refractivity contribution in [2.45, 2.75) is 141 Å². The van der Waals surface area contributed by atoms with Gasteiger partial charge in [-0.3, -0.25) is 0 Å². The van der Waals surface area contributed by atoms with Gasteiger partial charge in [-0.25, -0.2) is 9.59 Å². The number of likely N-dealkylation sites (tertiary alicyclic amines) is 2. The van der Waals surface area contributed by atoms with Crippen LogP contribution < -0.4 is 29.5 Å². The van der Waals surface area contributed by atoms with Gasteiger partial charge in [0.15, 0.2) is 0 Å². The Morgan fingerprint density at radius 3 is 1.65 bits per heavy atom. The molecule has 2 unspecified atom stereocenters. The molecule has 2 aromatic carbocycles. The third-order valence-electron chi connectivity index (χ3n) is 15.7. The summed E-state index contributed by atoms with van der Waals surface area (Å²) in [5, 5.41) is 24.9. The monoisotopic (exact) mass is 1140 g/mol. The molecule has 80 heavy (non-hydrogen) atoms. The van der Waals surface area contributed by atoms with Gasteiger partial charge in [0.1, 0.15) is 36.1 Å². The number of carbonyl (C=O) groups is 2. The van der Waals surface area contributed by atoms with Crippen LogP contribution in [0.2, 0.25) is 0 Å². The van der Waals surface area contributed by atoms with Crippen molar-refractivity contribution in [3.8, 4) is 24.2 Å². The van der Waals surface area contributed by atoms with E-state index in [1.165, 1.54) is 29.3 Å². The summed E-state index contributed by atoms with van der Waals surface area (Å²) in [4.78, 5) is 60.2. The minimum atomic E-state index is -0.604. The summed E-state index contributed by atoms with van der Waals surface area (Å²) in [5.74, 6) is 1.72. The molecule has 22 heteroatoms. The molecule has 0 spiro atoms. The lowest BCUT2D eigenvalue weighted by molar-refractivity contribution is 0.0134. The highest BCUT2D eigenvalue weighted by Gasteiger charge is 2.38. The molecule has 4 fully saturated rings. The fourth-order valence-corrected chi connectivity index (χ4v) is 11.5. The van der Waals surface area contributed by atoms with Gasteiger partial charge in [0, 0.05) is 86.6 Å². The number of piperazine rings is 2. The fraction of sp³-hybridized carbons (Fsp3) is 0.621. The second-order valence-electron chi connectivity index (χ2n) is 23.6. The van der Waals surface area contributed by atoms with Gasteiger partial charge in [-0.05, 0) is 125 Å². The second-order valence-corrected chi connectivity index (χ2v) is 23.6. The average molecular weight is 1140 g/mol. The molecule has 0 aliphatic carbocycles. The number of carbonyl (C=O) groups excluding carboxylic acids is 2. The van der Waals surface area contributed by atoms with Gasteiger partial charge in [-0.15, -0.1) is 0 Å². The molecule has 1 N–H and O–H groups in total. The van der Waals surface area contributed by atoms with Crippen LogP contribution in [0, 0.1) is 22.7 Å². The van der Waals surface area contributed by atoms with Crippen LogP contribution in [0.25, 0.3) is 10.8 Å². The van der Waals surface area contributed by atoms with Gasteiger partial charge in [-0.1, -0.05) is 36.4 Å². The zero-order valence-corrected chi connectivity index (χ0v) is 50.2. The van der Waals surface area contributed by atoms with Gasteiger partial charge in [0.25, 0.3) is 0 Å². The molecule has 2 aromatic heterocycles. The Hall–Kier alpha value is -6.04. The van der Waals surface area contributed by atoms with E-state index < -0.39 is 11.2 Å². The maximum Gasteiger partial charge on any atom is 0.410 e. The van der Waals surface area contributed by atoms with E-state index in [1.807, 2.05) is 41.5 Å². The van der Waals surface area contributed by atoms with Crippen molar-refractivity contribution in [2.24, 2.45) is 0 Å². The first-order chi connectivity index (χ1) is 37.4. The number of aromatic nitrogens is 4. The SMILES string of the molecule is CN1CCC[C@H]1COc1nc2c(c(N3CCN(C(=O)OC(C)(C)C)C(CC#N)C3)n1)CCN(c1cccc3ccccc13)C2.CN1CCC[C@H]1COc1nc2c(c(N3CCN(C(=O)OC(C)(C)C)C(CC#N)C3)n1)CCNC2.S.S. The van der Waals surface area contributed by atoms with Gasteiger partial charge >= 0.3 is 24.2 Å². The van der Waals surface area contributed by atoms with E-state index in [0.29, 0.717) is 89.7 Å². The van der Waals surface area contributed by atoms with Crippen LogP contribution in [0.4, 0.5) is 26.9 Å². The average Bonchev–Trinajstić information content (AvgIpc) is 4.06. The Kier molecular flexibility index (Phi) is 20.9. The highest BCUT2D eigenvalue weighted by Crippen LogP contribution is 2.36.